The fourth-order valence-corrected chi connectivity index (χ4v) is 15.9. The van der Waals surface area contributed by atoms with E-state index in [4.69, 9.17) is 47.4 Å². The molecule has 127 heavy (non-hydrogen) atoms. The van der Waals surface area contributed by atoms with Gasteiger partial charge >= 0.3 is 23.6 Å². The van der Waals surface area contributed by atoms with E-state index in [9.17, 15) is 24.0 Å². The van der Waals surface area contributed by atoms with Crippen LogP contribution in [-0.4, -0.2) is 186 Å². The van der Waals surface area contributed by atoms with E-state index >= 15 is 13.2 Å². The number of pyridine rings is 3. The Balaban J connectivity index is 0.000000233. The van der Waals surface area contributed by atoms with Gasteiger partial charge in [-0.1, -0.05) is 91.0 Å². The molecule has 0 bridgehead atoms. The van der Waals surface area contributed by atoms with Crippen molar-refractivity contribution in [3.05, 3.63) is 253 Å². The van der Waals surface area contributed by atoms with E-state index in [1.54, 1.807) is 74.1 Å². The summed E-state index contributed by atoms with van der Waals surface area (Å²) in [5.41, 5.74) is 4.13. The summed E-state index contributed by atoms with van der Waals surface area (Å²) >= 11 is 0. The van der Waals surface area contributed by atoms with Crippen LogP contribution in [0.5, 0.6) is 69.0 Å². The van der Waals surface area contributed by atoms with Gasteiger partial charge in [-0.2, -0.15) is 0 Å². The number of ether oxygens (including phenoxy) is 10. The van der Waals surface area contributed by atoms with E-state index in [1.807, 2.05) is 110 Å². The molecule has 4 aliphatic heterocycles. The van der Waals surface area contributed by atoms with Gasteiger partial charge in [-0.3, -0.25) is 48.7 Å². The number of likely N-dealkylation sites (N-methyl/N-ethyl adjacent to an activating group) is 1. The molecular formula is C98H100F3N11O15. The van der Waals surface area contributed by atoms with Crippen molar-refractivity contribution in [1.82, 2.24) is 45.6 Å². The number of aromatic nitrogens is 3. The van der Waals surface area contributed by atoms with Crippen molar-refractivity contribution in [2.24, 2.45) is 17.8 Å². The van der Waals surface area contributed by atoms with Crippen molar-refractivity contribution in [3.8, 4) is 69.0 Å². The van der Waals surface area contributed by atoms with Gasteiger partial charge in [0.25, 0.3) is 0 Å². The average molecular weight is 1730 g/mol. The van der Waals surface area contributed by atoms with Gasteiger partial charge in [-0.15, -0.1) is 0 Å². The summed E-state index contributed by atoms with van der Waals surface area (Å²) in [6, 6.07) is 55.1. The number of amides is 4. The molecule has 26 nitrogen and oxygen atoms in total. The highest BCUT2D eigenvalue weighted by Gasteiger charge is 2.36. The maximum absolute atomic E-state index is 16.7. The molecule has 4 saturated heterocycles. The zero-order valence-electron chi connectivity index (χ0n) is 71.2. The summed E-state index contributed by atoms with van der Waals surface area (Å²) in [5.74, 6) is -1.53. The van der Waals surface area contributed by atoms with Gasteiger partial charge in [0, 0.05) is 95.5 Å². The topological polar surface area (TPSA) is 277 Å². The first-order valence-corrected chi connectivity index (χ1v) is 42.4. The Bertz CT molecular complexity index is 5870. The SMILES string of the molecule is COc1cc2c(Oc3ccc(N(C(=O)C(=O)N4CCOC(c5ccccc5)C4)c4ccc(Oc5ccnc6cc(OCC7CCN(CC(=O)c8ccccc8)CC7)c(OC)cc56)c(F)c4)cc3F)ccnc2cc1OCC1CCNCC1.COc1cc2c(Oc3ccc(NC(=O)C(=O)NCC(c4ccccc4)N(C)C)cc3F)ccnc2cc1OCC1CCNCC1. The summed E-state index contributed by atoms with van der Waals surface area (Å²) in [6.45, 7) is 7.87. The van der Waals surface area contributed by atoms with E-state index in [1.165, 1.54) is 61.7 Å². The van der Waals surface area contributed by atoms with Crippen LogP contribution < -0.4 is 68.8 Å². The van der Waals surface area contributed by atoms with Crippen LogP contribution in [0.3, 0.4) is 0 Å². The summed E-state index contributed by atoms with van der Waals surface area (Å²) in [4.78, 5) is 87.0. The number of hydrogen-bond acceptors (Lipinski definition) is 22. The smallest absolute Gasteiger partial charge is 0.321 e. The molecular weight excluding hydrogens is 1630 g/mol. The Morgan fingerprint density at radius 1 is 0.480 bits per heavy atom. The zero-order chi connectivity index (χ0) is 88.3. The number of halogens is 3. The lowest BCUT2D eigenvalue weighted by molar-refractivity contribution is -0.149. The number of carbonyl (C=O) groups is 5. The van der Waals surface area contributed by atoms with Crippen LogP contribution in [0.25, 0.3) is 32.7 Å². The fraction of sp³-hybridized carbons (Fsp3) is 0.306. The number of likely N-dealkylation sites (tertiary alicyclic amines) is 1. The van der Waals surface area contributed by atoms with Crippen LogP contribution in [0.4, 0.5) is 30.2 Å². The molecule has 658 valence electrons. The fourth-order valence-electron chi connectivity index (χ4n) is 15.9. The summed E-state index contributed by atoms with van der Waals surface area (Å²) < 4.78 is 109. The van der Waals surface area contributed by atoms with E-state index in [2.05, 4.69) is 41.1 Å². The van der Waals surface area contributed by atoms with Crippen molar-refractivity contribution in [2.75, 3.05) is 138 Å². The maximum atomic E-state index is 16.7. The van der Waals surface area contributed by atoms with Gasteiger partial charge < -0.3 is 78.4 Å². The molecule has 4 amide bonds. The summed E-state index contributed by atoms with van der Waals surface area (Å²) in [7, 11) is 8.41. The number of fused-ring (bicyclic) bond motifs is 3. The molecule has 2 atom stereocenters. The van der Waals surface area contributed by atoms with Gasteiger partial charge in [0.15, 0.2) is 75.0 Å². The van der Waals surface area contributed by atoms with Crippen LogP contribution in [0.1, 0.15) is 72.2 Å². The Morgan fingerprint density at radius 2 is 0.921 bits per heavy atom. The first-order chi connectivity index (χ1) is 61.9. The van der Waals surface area contributed by atoms with Crippen molar-refractivity contribution in [3.63, 3.8) is 0 Å². The minimum Gasteiger partial charge on any atom is -0.493 e. The first-order valence-electron chi connectivity index (χ1n) is 42.4. The summed E-state index contributed by atoms with van der Waals surface area (Å²) in [6.07, 6.45) is 9.99. The number of morpholine rings is 1. The van der Waals surface area contributed by atoms with Crippen LogP contribution in [0.15, 0.2) is 219 Å². The van der Waals surface area contributed by atoms with E-state index < -0.39 is 47.2 Å². The lowest BCUT2D eigenvalue weighted by Crippen LogP contribution is -2.49. The second-order valence-electron chi connectivity index (χ2n) is 31.7. The van der Waals surface area contributed by atoms with Crippen LogP contribution in [0, 0.1) is 35.2 Å². The molecule has 29 heteroatoms. The van der Waals surface area contributed by atoms with Crippen molar-refractivity contribution < 1.29 is 84.5 Å². The average Bonchev–Trinajstić information content (AvgIpc) is 0.788. The lowest BCUT2D eigenvalue weighted by Gasteiger charge is -2.34. The van der Waals surface area contributed by atoms with Crippen molar-refractivity contribution in [2.45, 2.75) is 50.7 Å². The predicted molar refractivity (Wildman–Crippen MR) is 475 cm³/mol. The molecule has 3 aromatic heterocycles. The largest absolute Gasteiger partial charge is 0.493 e. The monoisotopic (exact) mass is 1730 g/mol. The number of ketones is 1. The van der Waals surface area contributed by atoms with Gasteiger partial charge in [0.2, 0.25) is 0 Å². The van der Waals surface area contributed by atoms with E-state index in [0.717, 1.165) is 112 Å². The number of carbonyl (C=O) groups excluding carboxylic acids is 5. The van der Waals surface area contributed by atoms with E-state index in [0.29, 0.717) is 117 Å². The first kappa shape index (κ1) is 88.4. The number of methoxy groups -OCH3 is 3. The number of hydrogen-bond donors (Lipinski definition) is 4. The number of nitrogens with zero attached hydrogens (tertiary/aromatic N) is 7. The third-order valence-corrected chi connectivity index (χ3v) is 23.0. The maximum Gasteiger partial charge on any atom is 0.321 e. The molecule has 16 rings (SSSR count). The molecule has 0 saturated carbocycles. The number of benzene rings is 9. The minimum absolute atomic E-state index is 0.0631. The highest BCUT2D eigenvalue weighted by atomic mass is 19.1. The van der Waals surface area contributed by atoms with Crippen LogP contribution >= 0.6 is 0 Å². The number of piperidine rings is 3. The molecule has 0 spiro atoms. The Labute approximate surface area is 733 Å². The zero-order valence-corrected chi connectivity index (χ0v) is 71.2. The van der Waals surface area contributed by atoms with E-state index in [-0.39, 0.29) is 89.8 Å². The summed E-state index contributed by atoms with van der Waals surface area (Å²) in [5, 5.41) is 13.5. The van der Waals surface area contributed by atoms with Crippen molar-refractivity contribution >= 4 is 79.2 Å². The molecule has 4 N–H and O–H groups in total. The van der Waals surface area contributed by atoms with Gasteiger partial charge in [-0.25, -0.2) is 13.2 Å². The molecule has 9 aromatic carbocycles. The quantitative estimate of drug-likeness (QED) is 0.0250. The number of nitrogens with one attached hydrogen (secondary N) is 4. The number of Topliss-reactive ketones (excluding diaryl/α,β-unsaturated/α-hetero) is 1. The standard InChI is InChI=1S/C64H62F2N6O10.C34H38FN5O5/c1-76-58-33-47-51(35-60(58)79-39-41-17-23-67-24-18-41)68-25-19-54(47)81-56-15-13-45(31-49(56)65)72(64(75)63(74)71-29-30-78-62(38-71)44-11-7-4-8-12-44)46-14-16-57(50(66)32-46)82-55-20-26-69-52-36-61(59(77-2)34-48(52)55)80-40-42-21-27-70(28-22-42)37-53(73)43-9-5-3-6-10-43;1-40(2)28(23-7-5-4-6-8-23)20-38-33(41)34(42)39-24-9-10-30(26(35)17-24)45-29-13-16-37-27-19-32(31(43-3)18-25(27)29)44-21-22-11-14-36-15-12-22/h3-16,19-20,25-26,31-36,41-42,62,67H,17-18,21-24,27-30,37-40H2,1-2H3;4-10,13,16-19,22,28,36H,11-12,14-15,20-21H2,1-3H3,(H,38,41)(H,39,42). The van der Waals surface area contributed by atoms with Crippen LogP contribution in [0.2, 0.25) is 0 Å². The number of rotatable bonds is 29. The highest BCUT2D eigenvalue weighted by molar-refractivity contribution is 6.42. The third-order valence-electron chi connectivity index (χ3n) is 23.0. The minimum atomic E-state index is -1.06. The number of anilines is 3. The van der Waals surface area contributed by atoms with Gasteiger partial charge in [0.1, 0.15) is 23.4 Å². The third kappa shape index (κ3) is 22.1. The molecule has 4 aliphatic rings. The van der Waals surface area contributed by atoms with Gasteiger partial charge in [-0.05, 0) is 194 Å². The molecule has 7 heterocycles. The molecule has 2 unspecified atom stereocenters. The van der Waals surface area contributed by atoms with Gasteiger partial charge in [0.05, 0.1) is 94.8 Å². The predicted octanol–water partition coefficient (Wildman–Crippen LogP) is 16.2. The molecule has 0 aliphatic carbocycles. The van der Waals surface area contributed by atoms with Crippen molar-refractivity contribution in [1.29, 1.82) is 0 Å². The molecule has 0 radical (unpaired) electrons. The molecule has 12 aromatic rings. The molecule has 4 fully saturated rings. The van der Waals surface area contributed by atoms with Crippen LogP contribution in [-0.2, 0) is 23.9 Å². The Morgan fingerprint density at radius 3 is 1.37 bits per heavy atom. The second kappa shape index (κ2) is 42.0. The second-order valence-corrected chi connectivity index (χ2v) is 31.7. The Kier molecular flexibility index (Phi) is 29.3. The highest BCUT2D eigenvalue weighted by Crippen LogP contribution is 2.44. The normalized spacial score (nSPS) is 15.4. The Hall–Kier alpha value is -13.5. The lowest BCUT2D eigenvalue weighted by atomic mass is 9.97.